The van der Waals surface area contributed by atoms with Crippen LogP contribution < -0.4 is 20.3 Å². The normalized spacial score (nSPS) is 11.0. The van der Waals surface area contributed by atoms with Gasteiger partial charge >= 0.3 is 0 Å². The second-order valence-corrected chi connectivity index (χ2v) is 7.43. The van der Waals surface area contributed by atoms with E-state index >= 15 is 0 Å². The van der Waals surface area contributed by atoms with E-state index in [1.54, 1.807) is 30.3 Å². The molecule has 0 radical (unpaired) electrons. The molecule has 0 saturated heterocycles. The molecule has 2 rings (SSSR count). The summed E-state index contributed by atoms with van der Waals surface area (Å²) in [5.41, 5.74) is 3.99. The van der Waals surface area contributed by atoms with E-state index in [2.05, 4.69) is 0 Å². The zero-order chi connectivity index (χ0) is 18.6. The molecule has 25 heavy (non-hydrogen) atoms. The van der Waals surface area contributed by atoms with Gasteiger partial charge in [-0.15, -0.1) is 0 Å². The lowest BCUT2D eigenvalue weighted by Gasteiger charge is -2.25. The number of nitrogens with zero attached hydrogens (tertiary/aromatic N) is 1. The second kappa shape index (κ2) is 7.54. The van der Waals surface area contributed by atoms with Crippen molar-refractivity contribution in [3.8, 4) is 5.75 Å². The molecule has 0 bridgehead atoms. The van der Waals surface area contributed by atoms with Gasteiger partial charge in [0, 0.05) is 0 Å². The Morgan fingerprint density at radius 2 is 1.72 bits per heavy atom. The molecule has 2 aromatic carbocycles. The Kier molecular flexibility index (Phi) is 5.66. The molecule has 3 N–H and O–H groups in total. The van der Waals surface area contributed by atoms with Gasteiger partial charge in [0.25, 0.3) is 15.9 Å². The molecular weight excluding hydrogens is 342 g/mol. The van der Waals surface area contributed by atoms with Crippen LogP contribution in [0.4, 0.5) is 5.69 Å². The van der Waals surface area contributed by atoms with E-state index in [9.17, 15) is 13.2 Å². The Bertz CT molecular complexity index is 864. The summed E-state index contributed by atoms with van der Waals surface area (Å²) in [6.45, 7) is 3.22. The molecule has 0 heterocycles. The van der Waals surface area contributed by atoms with Crippen LogP contribution in [0.3, 0.4) is 0 Å². The SMILES string of the molecule is COc1ccc(C)cc1N(CC(=O)NN)S(=O)(=O)c1ccc(C)cc1. The average Bonchev–Trinajstić information content (AvgIpc) is 2.59. The summed E-state index contributed by atoms with van der Waals surface area (Å²) in [6, 6.07) is 11.5. The van der Waals surface area contributed by atoms with Gasteiger partial charge in [0.05, 0.1) is 17.7 Å². The molecule has 0 unspecified atom stereocenters. The number of sulfonamides is 1. The predicted octanol–water partition coefficient (Wildman–Crippen LogP) is 1.50. The first-order chi connectivity index (χ1) is 11.8. The third-order valence-electron chi connectivity index (χ3n) is 3.66. The first kappa shape index (κ1) is 18.8. The summed E-state index contributed by atoms with van der Waals surface area (Å²) >= 11 is 0. The number of hydrazine groups is 1. The van der Waals surface area contributed by atoms with Crippen molar-refractivity contribution in [3.63, 3.8) is 0 Å². The summed E-state index contributed by atoms with van der Waals surface area (Å²) in [5, 5.41) is 0. The summed E-state index contributed by atoms with van der Waals surface area (Å²) in [4.78, 5) is 11.9. The number of hydrogen-bond donors (Lipinski definition) is 2. The van der Waals surface area contributed by atoms with Gasteiger partial charge in [-0.3, -0.25) is 14.5 Å². The van der Waals surface area contributed by atoms with Crippen molar-refractivity contribution < 1.29 is 17.9 Å². The van der Waals surface area contributed by atoms with Gasteiger partial charge in [-0.05, 0) is 43.7 Å². The van der Waals surface area contributed by atoms with Gasteiger partial charge in [0.15, 0.2) is 0 Å². The quantitative estimate of drug-likeness (QED) is 0.460. The van der Waals surface area contributed by atoms with Crippen molar-refractivity contribution in [1.29, 1.82) is 0 Å². The van der Waals surface area contributed by atoms with E-state index in [-0.39, 0.29) is 10.6 Å². The number of carbonyl (C=O) groups excluding carboxylic acids is 1. The molecule has 8 heteroatoms. The number of benzene rings is 2. The van der Waals surface area contributed by atoms with Crippen molar-refractivity contribution in [3.05, 3.63) is 53.6 Å². The lowest BCUT2D eigenvalue weighted by Crippen LogP contribution is -2.43. The molecule has 0 aromatic heterocycles. The van der Waals surface area contributed by atoms with Gasteiger partial charge in [0.2, 0.25) is 0 Å². The van der Waals surface area contributed by atoms with Crippen LogP contribution in [0.1, 0.15) is 11.1 Å². The summed E-state index contributed by atoms with van der Waals surface area (Å²) in [5.74, 6) is 4.85. The van der Waals surface area contributed by atoms with Crippen LogP contribution in [-0.2, 0) is 14.8 Å². The number of aryl methyl sites for hydroxylation is 2. The number of nitrogens with one attached hydrogen (secondary N) is 1. The Balaban J connectivity index is 2.62. The Labute approximate surface area is 147 Å². The van der Waals surface area contributed by atoms with E-state index in [1.165, 1.54) is 19.2 Å². The van der Waals surface area contributed by atoms with Crippen molar-refractivity contribution in [1.82, 2.24) is 5.43 Å². The molecule has 0 fully saturated rings. The van der Waals surface area contributed by atoms with Crippen LogP contribution >= 0.6 is 0 Å². The monoisotopic (exact) mass is 363 g/mol. The number of ether oxygens (including phenoxy) is 1. The highest BCUT2D eigenvalue weighted by molar-refractivity contribution is 7.92. The highest BCUT2D eigenvalue weighted by atomic mass is 32.2. The first-order valence-electron chi connectivity index (χ1n) is 7.53. The highest BCUT2D eigenvalue weighted by Gasteiger charge is 2.29. The van der Waals surface area contributed by atoms with Crippen LogP contribution in [0.2, 0.25) is 0 Å². The molecule has 0 saturated carbocycles. The lowest BCUT2D eigenvalue weighted by molar-refractivity contribution is -0.119. The molecule has 0 spiro atoms. The van der Waals surface area contributed by atoms with Gasteiger partial charge in [-0.25, -0.2) is 14.3 Å². The molecule has 0 aliphatic carbocycles. The van der Waals surface area contributed by atoms with Crippen LogP contribution in [0.15, 0.2) is 47.4 Å². The first-order valence-corrected chi connectivity index (χ1v) is 8.97. The number of anilines is 1. The van der Waals surface area contributed by atoms with E-state index in [0.29, 0.717) is 5.75 Å². The fourth-order valence-electron chi connectivity index (χ4n) is 2.31. The number of carbonyl (C=O) groups is 1. The minimum atomic E-state index is -3.99. The molecule has 2 aromatic rings. The van der Waals surface area contributed by atoms with Crippen molar-refractivity contribution in [2.75, 3.05) is 18.0 Å². The topological polar surface area (TPSA) is 102 Å². The Hall–Kier alpha value is -2.58. The number of amides is 1. The van der Waals surface area contributed by atoms with Gasteiger partial charge < -0.3 is 4.74 Å². The van der Waals surface area contributed by atoms with Gasteiger partial charge in [0.1, 0.15) is 12.3 Å². The standard InChI is InChI=1S/C17H21N3O4S/c1-12-4-7-14(8-5-12)25(22,23)20(11-17(21)19-18)15-10-13(2)6-9-16(15)24-3/h4-10H,11,18H2,1-3H3,(H,19,21). The van der Waals surface area contributed by atoms with Crippen molar-refractivity contribution in [2.24, 2.45) is 5.84 Å². The van der Waals surface area contributed by atoms with Gasteiger partial charge in [-0.2, -0.15) is 0 Å². The zero-order valence-electron chi connectivity index (χ0n) is 14.3. The Morgan fingerprint density at radius 1 is 1.12 bits per heavy atom. The summed E-state index contributed by atoms with van der Waals surface area (Å²) in [6.07, 6.45) is 0. The molecular formula is C17H21N3O4S. The fourth-order valence-corrected chi connectivity index (χ4v) is 3.73. The molecule has 0 aliphatic rings. The molecule has 0 atom stereocenters. The smallest absolute Gasteiger partial charge is 0.264 e. The van der Waals surface area contributed by atoms with E-state index in [4.69, 9.17) is 10.6 Å². The van der Waals surface area contributed by atoms with Crippen molar-refractivity contribution >= 4 is 21.6 Å². The van der Waals surface area contributed by atoms with Crippen LogP contribution in [0.5, 0.6) is 5.75 Å². The van der Waals surface area contributed by atoms with E-state index < -0.39 is 22.5 Å². The van der Waals surface area contributed by atoms with Crippen LogP contribution in [-0.4, -0.2) is 28.0 Å². The highest BCUT2D eigenvalue weighted by Crippen LogP contribution is 2.33. The average molecular weight is 363 g/mol. The number of hydrogen-bond acceptors (Lipinski definition) is 5. The molecule has 134 valence electrons. The number of nitrogens with two attached hydrogens (primary N) is 1. The largest absolute Gasteiger partial charge is 0.495 e. The second-order valence-electron chi connectivity index (χ2n) is 5.57. The predicted molar refractivity (Wildman–Crippen MR) is 95.8 cm³/mol. The van der Waals surface area contributed by atoms with E-state index in [1.807, 2.05) is 19.3 Å². The maximum absolute atomic E-state index is 13.1. The summed E-state index contributed by atoms with van der Waals surface area (Å²) in [7, 11) is -2.55. The maximum atomic E-state index is 13.1. The minimum Gasteiger partial charge on any atom is -0.495 e. The van der Waals surface area contributed by atoms with E-state index in [0.717, 1.165) is 15.4 Å². The Morgan fingerprint density at radius 3 is 2.28 bits per heavy atom. The third-order valence-corrected chi connectivity index (χ3v) is 5.43. The molecule has 7 nitrogen and oxygen atoms in total. The van der Waals surface area contributed by atoms with Crippen LogP contribution in [0.25, 0.3) is 0 Å². The fraction of sp³-hybridized carbons (Fsp3) is 0.235. The minimum absolute atomic E-state index is 0.0754. The molecule has 0 aliphatic heterocycles. The summed E-state index contributed by atoms with van der Waals surface area (Å²) < 4.78 is 32.5. The number of rotatable bonds is 6. The zero-order valence-corrected chi connectivity index (χ0v) is 15.1. The van der Waals surface area contributed by atoms with Crippen molar-refractivity contribution in [2.45, 2.75) is 18.7 Å². The van der Waals surface area contributed by atoms with Crippen LogP contribution in [0, 0.1) is 13.8 Å². The molecule has 1 amide bonds. The lowest BCUT2D eigenvalue weighted by atomic mass is 10.2. The third kappa shape index (κ3) is 4.09. The van der Waals surface area contributed by atoms with Gasteiger partial charge in [-0.1, -0.05) is 23.8 Å². The number of methoxy groups -OCH3 is 1. The maximum Gasteiger partial charge on any atom is 0.264 e.